The van der Waals surface area contributed by atoms with Gasteiger partial charge in [0.2, 0.25) is 0 Å². The van der Waals surface area contributed by atoms with E-state index in [0.29, 0.717) is 0 Å². The molecule has 76 valence electrons. The lowest BCUT2D eigenvalue weighted by Crippen LogP contribution is -2.27. The van der Waals surface area contributed by atoms with E-state index in [0.717, 1.165) is 15.9 Å². The van der Waals surface area contributed by atoms with Crippen LogP contribution in [-0.2, 0) is 0 Å². The predicted molar refractivity (Wildman–Crippen MR) is 66.2 cm³/mol. The lowest BCUT2D eigenvalue weighted by atomic mass is 10.1. The molecule has 0 aliphatic rings. The van der Waals surface area contributed by atoms with Crippen molar-refractivity contribution < 1.29 is 0 Å². The smallest absolute Gasteiger partial charge is 0.118 e. The third-order valence-electron chi connectivity index (χ3n) is 2.17. The molecule has 0 aliphatic heterocycles. The van der Waals surface area contributed by atoms with Gasteiger partial charge in [-0.2, -0.15) is 4.37 Å². The maximum atomic E-state index is 5.44. The van der Waals surface area contributed by atoms with Crippen LogP contribution in [0.3, 0.4) is 0 Å². The van der Waals surface area contributed by atoms with Gasteiger partial charge in [0.1, 0.15) is 5.00 Å². The lowest BCUT2D eigenvalue weighted by Gasteiger charge is -2.19. The number of benzene rings is 1. The van der Waals surface area contributed by atoms with Gasteiger partial charge in [0, 0.05) is 5.39 Å². The van der Waals surface area contributed by atoms with Gasteiger partial charge in [-0.05, 0) is 37.5 Å². The van der Waals surface area contributed by atoms with Crippen LogP contribution in [0.2, 0.25) is 0 Å². The molecular weight excluding hydrogens is 204 g/mol. The zero-order chi connectivity index (χ0) is 10.9. The molecule has 0 fully saturated rings. The van der Waals surface area contributed by atoms with Crippen LogP contribution >= 0.6 is 11.5 Å². The van der Waals surface area contributed by atoms with Crippen molar-refractivity contribution in [1.29, 1.82) is 0 Å². The normalized spacial score (nSPS) is 11.3. The van der Waals surface area contributed by atoms with Crippen LogP contribution in [0, 0.1) is 12.3 Å². The summed E-state index contributed by atoms with van der Waals surface area (Å²) in [6.07, 6.45) is 5.44. The summed E-state index contributed by atoms with van der Waals surface area (Å²) in [5.74, 6) is 2.71. The summed E-state index contributed by atoms with van der Waals surface area (Å²) in [4.78, 5) is 0. The minimum atomic E-state index is -0.338. The van der Waals surface area contributed by atoms with E-state index in [9.17, 15) is 0 Å². The van der Waals surface area contributed by atoms with E-state index in [2.05, 4.69) is 15.6 Å². The molecule has 2 aromatic rings. The molecule has 0 spiro atoms. The summed E-state index contributed by atoms with van der Waals surface area (Å²) < 4.78 is 4.35. The Morgan fingerprint density at radius 2 is 2.13 bits per heavy atom. The number of nitrogens with one attached hydrogen (secondary N) is 1. The number of hydrogen-bond donors (Lipinski definition) is 1. The molecular formula is C12H12N2S. The molecule has 1 aromatic carbocycles. The van der Waals surface area contributed by atoms with Gasteiger partial charge in [-0.25, -0.2) is 0 Å². The molecule has 0 radical (unpaired) electrons. The van der Waals surface area contributed by atoms with Gasteiger partial charge in [0.15, 0.2) is 0 Å². The molecule has 0 atom stereocenters. The summed E-state index contributed by atoms with van der Waals surface area (Å²) in [5, 5.41) is 5.48. The fourth-order valence-electron chi connectivity index (χ4n) is 1.30. The van der Waals surface area contributed by atoms with Gasteiger partial charge in [0.05, 0.1) is 11.1 Å². The molecule has 0 unspecified atom stereocenters. The highest BCUT2D eigenvalue weighted by Crippen LogP contribution is 2.29. The fourth-order valence-corrected chi connectivity index (χ4v) is 2.22. The van der Waals surface area contributed by atoms with E-state index >= 15 is 0 Å². The van der Waals surface area contributed by atoms with Crippen LogP contribution in [0.5, 0.6) is 0 Å². The van der Waals surface area contributed by atoms with Crippen LogP contribution in [0.25, 0.3) is 10.9 Å². The summed E-state index contributed by atoms with van der Waals surface area (Å²) >= 11 is 1.45. The second-order valence-corrected chi connectivity index (χ2v) is 4.70. The Bertz CT molecular complexity index is 520. The van der Waals surface area contributed by atoms with Gasteiger partial charge in [-0.3, -0.25) is 0 Å². The molecule has 0 saturated carbocycles. The van der Waals surface area contributed by atoms with Crippen molar-refractivity contribution in [2.45, 2.75) is 19.4 Å². The molecule has 0 bridgehead atoms. The number of fused-ring (bicyclic) bond motifs is 1. The maximum absolute atomic E-state index is 5.44. The second kappa shape index (κ2) is 3.56. The van der Waals surface area contributed by atoms with E-state index in [-0.39, 0.29) is 5.54 Å². The van der Waals surface area contributed by atoms with Crippen LogP contribution in [0.15, 0.2) is 24.3 Å². The van der Waals surface area contributed by atoms with Crippen molar-refractivity contribution in [3.63, 3.8) is 0 Å². The molecule has 2 rings (SSSR count). The van der Waals surface area contributed by atoms with E-state index in [1.165, 1.54) is 11.5 Å². The van der Waals surface area contributed by atoms with Crippen LogP contribution < -0.4 is 5.32 Å². The molecule has 1 heterocycles. The highest BCUT2D eigenvalue weighted by molar-refractivity contribution is 7.11. The monoisotopic (exact) mass is 216 g/mol. The molecule has 0 aliphatic carbocycles. The van der Waals surface area contributed by atoms with Crippen molar-refractivity contribution in [3.05, 3.63) is 24.3 Å². The summed E-state index contributed by atoms with van der Waals surface area (Å²) in [6, 6.07) is 8.04. The van der Waals surface area contributed by atoms with E-state index in [1.807, 2.05) is 38.1 Å². The molecule has 0 saturated heterocycles. The minimum Gasteiger partial charge on any atom is -0.360 e. The zero-order valence-electron chi connectivity index (χ0n) is 8.74. The average Bonchev–Trinajstić information content (AvgIpc) is 2.62. The first-order valence-corrected chi connectivity index (χ1v) is 5.50. The molecule has 15 heavy (non-hydrogen) atoms. The van der Waals surface area contributed by atoms with Crippen LogP contribution in [0.4, 0.5) is 5.00 Å². The first-order valence-electron chi connectivity index (χ1n) is 4.73. The molecule has 2 nitrogen and oxygen atoms in total. The van der Waals surface area contributed by atoms with E-state index in [1.54, 1.807) is 0 Å². The van der Waals surface area contributed by atoms with Gasteiger partial charge < -0.3 is 5.32 Å². The Morgan fingerprint density at radius 1 is 1.40 bits per heavy atom. The summed E-state index contributed by atoms with van der Waals surface area (Å²) in [6.45, 7) is 3.95. The summed E-state index contributed by atoms with van der Waals surface area (Å²) in [5.41, 5.74) is 0.674. The molecule has 0 amide bonds. The number of nitrogens with zero attached hydrogens (tertiary/aromatic N) is 1. The van der Waals surface area contributed by atoms with Crippen molar-refractivity contribution in [2.75, 3.05) is 5.32 Å². The summed E-state index contributed by atoms with van der Waals surface area (Å²) in [7, 11) is 0. The number of terminal acetylenes is 1. The Balaban J connectivity index is 2.42. The zero-order valence-corrected chi connectivity index (χ0v) is 9.56. The topological polar surface area (TPSA) is 24.9 Å². The van der Waals surface area contributed by atoms with Crippen LogP contribution in [-0.4, -0.2) is 9.91 Å². The van der Waals surface area contributed by atoms with Gasteiger partial charge >= 0.3 is 0 Å². The number of aromatic nitrogens is 1. The Morgan fingerprint density at radius 3 is 2.87 bits per heavy atom. The molecule has 1 N–H and O–H groups in total. The van der Waals surface area contributed by atoms with Gasteiger partial charge in [-0.15, -0.1) is 6.42 Å². The third-order valence-corrected chi connectivity index (χ3v) is 2.96. The van der Waals surface area contributed by atoms with Gasteiger partial charge in [-0.1, -0.05) is 18.1 Å². The Hall–Kier alpha value is -1.53. The largest absolute Gasteiger partial charge is 0.360 e. The third kappa shape index (κ3) is 1.95. The average molecular weight is 216 g/mol. The Kier molecular flexibility index (Phi) is 2.37. The van der Waals surface area contributed by atoms with Crippen molar-refractivity contribution in [1.82, 2.24) is 4.37 Å². The standard InChI is InChI=1S/C12H12N2S/c1-4-12(2,3)13-11-9-7-5-6-8-10(9)14-15-11/h1,5-8,13H,2-3H3. The van der Waals surface area contributed by atoms with Gasteiger partial charge in [0.25, 0.3) is 0 Å². The van der Waals surface area contributed by atoms with Crippen LogP contribution in [0.1, 0.15) is 13.8 Å². The van der Waals surface area contributed by atoms with Crippen molar-refractivity contribution in [2.24, 2.45) is 0 Å². The highest BCUT2D eigenvalue weighted by Gasteiger charge is 2.16. The number of anilines is 1. The first-order chi connectivity index (χ1) is 7.12. The molecule has 1 aromatic heterocycles. The van der Waals surface area contributed by atoms with Crippen molar-refractivity contribution >= 4 is 27.4 Å². The molecule has 3 heteroatoms. The van der Waals surface area contributed by atoms with E-state index < -0.39 is 0 Å². The maximum Gasteiger partial charge on any atom is 0.118 e. The number of rotatable bonds is 2. The second-order valence-electron chi connectivity index (χ2n) is 3.92. The highest BCUT2D eigenvalue weighted by atomic mass is 32.1. The number of hydrogen-bond acceptors (Lipinski definition) is 3. The van der Waals surface area contributed by atoms with E-state index in [4.69, 9.17) is 6.42 Å². The van der Waals surface area contributed by atoms with Crippen molar-refractivity contribution in [3.8, 4) is 12.3 Å². The fraction of sp³-hybridized carbons (Fsp3) is 0.250. The lowest BCUT2D eigenvalue weighted by molar-refractivity contribution is 0.746. The Labute approximate surface area is 93.5 Å². The quantitative estimate of drug-likeness (QED) is 0.780. The first kappa shape index (κ1) is 10.0. The SMILES string of the molecule is C#CC(C)(C)Nc1snc2ccccc12. The predicted octanol–water partition coefficient (Wildman–Crippen LogP) is 3.12. The minimum absolute atomic E-state index is 0.338.